The third kappa shape index (κ3) is 3.18. The molecule has 0 spiro atoms. The van der Waals surface area contributed by atoms with Crippen molar-refractivity contribution in [3.8, 4) is 6.07 Å². The number of fused-ring (bicyclic) bond motifs is 7. The fourth-order valence-electron chi connectivity index (χ4n) is 10.7. The van der Waals surface area contributed by atoms with Gasteiger partial charge in [-0.1, -0.05) is 67.0 Å². The molecule has 1 N–H and O–H groups in total. The summed E-state index contributed by atoms with van der Waals surface area (Å²) < 4.78 is 0. The fraction of sp³-hybridized carbons (Fsp3) is 0.758. The highest BCUT2D eigenvalue weighted by molar-refractivity contribution is 6.04. The Labute approximate surface area is 228 Å². The number of nitriles is 1. The van der Waals surface area contributed by atoms with Crippen molar-refractivity contribution in [1.82, 2.24) is 0 Å². The second-order valence-corrected chi connectivity index (χ2v) is 15.6. The lowest BCUT2D eigenvalue weighted by molar-refractivity contribution is -0.188. The monoisotopic (exact) mass is 519 g/mol. The molecule has 5 aliphatic rings. The summed E-state index contributed by atoms with van der Waals surface area (Å²) in [6.45, 7) is 17.1. The number of nitrogens with zero attached hydrogens (tertiary/aromatic N) is 1. The summed E-state index contributed by atoms with van der Waals surface area (Å²) in [5, 5.41) is 20.1. The summed E-state index contributed by atoms with van der Waals surface area (Å²) in [4.78, 5) is 40.1. The van der Waals surface area contributed by atoms with Gasteiger partial charge in [-0.2, -0.15) is 5.26 Å². The first-order valence-electron chi connectivity index (χ1n) is 14.6. The van der Waals surface area contributed by atoms with Crippen LogP contribution in [0.5, 0.6) is 0 Å². The zero-order valence-corrected chi connectivity index (χ0v) is 24.5. The van der Waals surface area contributed by atoms with Crippen LogP contribution in [0, 0.1) is 67.5 Å². The van der Waals surface area contributed by atoms with E-state index in [1.807, 2.05) is 32.9 Å². The van der Waals surface area contributed by atoms with Crippen molar-refractivity contribution in [2.45, 2.75) is 100 Å². The van der Waals surface area contributed by atoms with E-state index in [1.54, 1.807) is 0 Å². The van der Waals surface area contributed by atoms with E-state index in [0.29, 0.717) is 0 Å². The molecule has 0 aliphatic heterocycles. The minimum absolute atomic E-state index is 0.0233. The molecule has 5 heteroatoms. The van der Waals surface area contributed by atoms with E-state index in [9.17, 15) is 24.8 Å². The van der Waals surface area contributed by atoms with E-state index in [0.717, 1.165) is 50.5 Å². The molecule has 5 nitrogen and oxygen atoms in total. The predicted octanol–water partition coefficient (Wildman–Crippen LogP) is 6.93. The van der Waals surface area contributed by atoms with Gasteiger partial charge in [-0.25, -0.2) is 0 Å². The van der Waals surface area contributed by atoms with Crippen LogP contribution in [0.15, 0.2) is 23.3 Å². The zero-order valence-electron chi connectivity index (χ0n) is 24.5. The zero-order chi connectivity index (χ0) is 28.3. The molecule has 38 heavy (non-hydrogen) atoms. The number of Topliss-reactive ketones (excluding diaryl/α,β-unsaturated/α-hetero) is 1. The number of aliphatic carboxylic acids is 1. The SMILES string of the molecule is CC(C(=O)O)[C@@]12CCC(C)(C)C[C@@H]1[C@H]1C(=O)C=C3[C@@]4(C)C=C(C#N)C(=O)C(C)(C)[C@@H]4CC[C@@]3(C)[C@]1(C)CC2. The molecule has 3 saturated carbocycles. The van der Waals surface area contributed by atoms with Crippen LogP contribution >= 0.6 is 0 Å². The second-order valence-electron chi connectivity index (χ2n) is 15.6. The van der Waals surface area contributed by atoms with Crippen LogP contribution in [0.1, 0.15) is 100 Å². The number of carboxylic acids is 1. The molecule has 206 valence electrons. The fourth-order valence-corrected chi connectivity index (χ4v) is 10.7. The molecule has 0 radical (unpaired) electrons. The van der Waals surface area contributed by atoms with E-state index in [2.05, 4.69) is 40.7 Å². The molecule has 0 aromatic rings. The standard InChI is InChI=1S/C33H45NO4/c1-19(27(37)38)33-13-11-28(2,3)17-21(33)25-22(35)15-24-30(6)16-20(18-34)26(36)29(4,5)23(30)9-10-31(24,7)32(25,8)12-14-33/h15-16,19,21,23,25H,9-14,17H2,1-8H3,(H,37,38)/t19?,21-,23+,25+,30+,31-,32-,33+/m1/s1. The van der Waals surface area contributed by atoms with Gasteiger partial charge in [0.15, 0.2) is 11.6 Å². The quantitative estimate of drug-likeness (QED) is 0.427. The minimum atomic E-state index is -0.750. The van der Waals surface area contributed by atoms with E-state index in [1.165, 1.54) is 0 Å². The Bertz CT molecular complexity index is 1230. The van der Waals surface area contributed by atoms with Crippen LogP contribution in [0.2, 0.25) is 0 Å². The molecule has 0 bridgehead atoms. The lowest BCUT2D eigenvalue weighted by atomic mass is 9.33. The van der Waals surface area contributed by atoms with Crippen molar-refractivity contribution in [2.24, 2.45) is 56.2 Å². The van der Waals surface area contributed by atoms with Gasteiger partial charge in [0.05, 0.1) is 11.5 Å². The van der Waals surface area contributed by atoms with Crippen molar-refractivity contribution in [3.05, 3.63) is 23.3 Å². The smallest absolute Gasteiger partial charge is 0.306 e. The summed E-state index contributed by atoms with van der Waals surface area (Å²) >= 11 is 0. The average molecular weight is 520 g/mol. The maximum absolute atomic E-state index is 14.4. The number of rotatable bonds is 2. The maximum atomic E-state index is 14.4. The van der Waals surface area contributed by atoms with E-state index < -0.39 is 22.7 Å². The van der Waals surface area contributed by atoms with Crippen molar-refractivity contribution < 1.29 is 19.5 Å². The third-order valence-corrected chi connectivity index (χ3v) is 13.2. The molecule has 0 aromatic carbocycles. The lowest BCUT2D eigenvalue weighted by Gasteiger charge is -2.69. The largest absolute Gasteiger partial charge is 0.481 e. The van der Waals surface area contributed by atoms with Crippen LogP contribution in [0.4, 0.5) is 0 Å². The van der Waals surface area contributed by atoms with Gasteiger partial charge in [-0.3, -0.25) is 14.4 Å². The molecule has 0 aromatic heterocycles. The highest BCUT2D eigenvalue weighted by Crippen LogP contribution is 2.75. The average Bonchev–Trinajstić information content (AvgIpc) is 2.82. The Kier molecular flexibility index (Phi) is 5.70. The first-order valence-corrected chi connectivity index (χ1v) is 14.6. The first kappa shape index (κ1) is 27.4. The maximum Gasteiger partial charge on any atom is 0.306 e. The van der Waals surface area contributed by atoms with Crippen LogP contribution in [-0.2, 0) is 14.4 Å². The van der Waals surface area contributed by atoms with Crippen LogP contribution in [-0.4, -0.2) is 22.6 Å². The van der Waals surface area contributed by atoms with E-state index in [4.69, 9.17) is 0 Å². The summed E-state index contributed by atoms with van der Waals surface area (Å²) in [5.41, 5.74) is -0.803. The molecule has 8 atom stereocenters. The second kappa shape index (κ2) is 7.92. The number of carboxylic acid groups (broad SMARTS) is 1. The number of allylic oxidation sites excluding steroid dienone is 4. The highest BCUT2D eigenvalue weighted by atomic mass is 16.4. The van der Waals surface area contributed by atoms with E-state index >= 15 is 0 Å². The Balaban J connectivity index is 1.70. The Morgan fingerprint density at radius 2 is 1.66 bits per heavy atom. The normalized spacial score (nSPS) is 45.7. The molecule has 0 amide bonds. The minimum Gasteiger partial charge on any atom is -0.481 e. The Hall–Kier alpha value is -2.22. The summed E-state index contributed by atoms with van der Waals surface area (Å²) in [6, 6.07) is 2.17. The van der Waals surface area contributed by atoms with Crippen LogP contribution in [0.3, 0.4) is 0 Å². The molecular formula is C33H45NO4. The van der Waals surface area contributed by atoms with E-state index in [-0.39, 0.29) is 56.6 Å². The Morgan fingerprint density at radius 3 is 2.26 bits per heavy atom. The number of carbonyl (C=O) groups excluding carboxylic acids is 2. The van der Waals surface area contributed by atoms with Crippen molar-refractivity contribution in [2.75, 3.05) is 0 Å². The van der Waals surface area contributed by atoms with Gasteiger partial charge in [-0.05, 0) is 84.5 Å². The highest BCUT2D eigenvalue weighted by Gasteiger charge is 2.70. The van der Waals surface area contributed by atoms with Gasteiger partial charge >= 0.3 is 5.97 Å². The van der Waals surface area contributed by atoms with Gasteiger partial charge in [0, 0.05) is 16.7 Å². The van der Waals surface area contributed by atoms with Gasteiger partial charge in [-0.15, -0.1) is 0 Å². The number of hydrogen-bond donors (Lipinski definition) is 1. The molecule has 0 heterocycles. The molecule has 1 unspecified atom stereocenters. The first-order chi connectivity index (χ1) is 17.4. The van der Waals surface area contributed by atoms with Crippen LogP contribution in [0.25, 0.3) is 0 Å². The molecule has 0 saturated heterocycles. The summed E-state index contributed by atoms with van der Waals surface area (Å²) in [7, 11) is 0. The van der Waals surface area contributed by atoms with Gasteiger partial charge in [0.2, 0.25) is 0 Å². The van der Waals surface area contributed by atoms with Crippen molar-refractivity contribution in [1.29, 1.82) is 5.26 Å². The molecular weight excluding hydrogens is 474 g/mol. The topological polar surface area (TPSA) is 95.2 Å². The summed E-state index contributed by atoms with van der Waals surface area (Å²) in [5.74, 6) is -1.36. The summed E-state index contributed by atoms with van der Waals surface area (Å²) in [6.07, 6.45) is 9.91. The molecule has 5 aliphatic carbocycles. The number of hydrogen-bond acceptors (Lipinski definition) is 4. The predicted molar refractivity (Wildman–Crippen MR) is 146 cm³/mol. The van der Waals surface area contributed by atoms with Gasteiger partial charge in [0.25, 0.3) is 0 Å². The molecule has 3 fully saturated rings. The van der Waals surface area contributed by atoms with Crippen LogP contribution < -0.4 is 0 Å². The Morgan fingerprint density at radius 1 is 1.03 bits per heavy atom. The van der Waals surface area contributed by atoms with Gasteiger partial charge < -0.3 is 5.11 Å². The third-order valence-electron chi connectivity index (χ3n) is 13.2. The number of carbonyl (C=O) groups is 3. The lowest BCUT2D eigenvalue weighted by Crippen LogP contribution is -2.65. The molecule has 5 rings (SSSR count). The van der Waals surface area contributed by atoms with Crippen molar-refractivity contribution >= 4 is 17.5 Å². The number of ketones is 2. The van der Waals surface area contributed by atoms with Gasteiger partial charge in [0.1, 0.15) is 6.07 Å². The van der Waals surface area contributed by atoms with Crippen molar-refractivity contribution in [3.63, 3.8) is 0 Å².